The number of imidazole rings is 1. The number of carbonyl (C=O) groups is 1. The lowest BCUT2D eigenvalue weighted by Gasteiger charge is -2.40. The van der Waals surface area contributed by atoms with Crippen LogP contribution in [0.15, 0.2) is 60.2 Å². The number of halogens is 3. The molecule has 5 rings (SSSR count). The first-order valence-corrected chi connectivity index (χ1v) is 12.3. The smallest absolute Gasteiger partial charge is 0.368 e. The van der Waals surface area contributed by atoms with Crippen LogP contribution in [0.5, 0.6) is 0 Å². The first-order valence-electron chi connectivity index (χ1n) is 11.4. The van der Waals surface area contributed by atoms with Gasteiger partial charge in [-0.25, -0.2) is 9.97 Å². The minimum atomic E-state index is -4.43. The number of nitrogens with zero attached hydrogens (tertiary/aromatic N) is 4. The number of alkyl halides is 3. The van der Waals surface area contributed by atoms with Gasteiger partial charge in [-0.05, 0) is 30.9 Å². The molecule has 1 aromatic carbocycles. The van der Waals surface area contributed by atoms with E-state index >= 15 is 0 Å². The molecule has 35 heavy (non-hydrogen) atoms. The highest BCUT2D eigenvalue weighted by molar-refractivity contribution is 7.15. The van der Waals surface area contributed by atoms with Gasteiger partial charge in [0.15, 0.2) is 4.96 Å². The Balaban J connectivity index is 1.42. The Bertz CT molecular complexity index is 1320. The number of nitrogens with one attached hydrogen (secondary N) is 1. The molecule has 0 unspecified atom stereocenters. The average Bonchev–Trinajstić information content (AvgIpc) is 3.44. The van der Waals surface area contributed by atoms with Crippen LogP contribution in [0.3, 0.4) is 0 Å². The van der Waals surface area contributed by atoms with Crippen molar-refractivity contribution in [1.29, 1.82) is 0 Å². The third-order valence-corrected chi connectivity index (χ3v) is 7.23. The van der Waals surface area contributed by atoms with Gasteiger partial charge in [-0.2, -0.15) is 13.2 Å². The molecule has 2 atom stereocenters. The number of piperidine rings is 1. The van der Waals surface area contributed by atoms with Gasteiger partial charge in [0.2, 0.25) is 0 Å². The number of pyridine rings is 1. The van der Waals surface area contributed by atoms with E-state index in [0.29, 0.717) is 30.3 Å². The van der Waals surface area contributed by atoms with Gasteiger partial charge >= 0.3 is 6.18 Å². The summed E-state index contributed by atoms with van der Waals surface area (Å²) in [4.78, 5) is 25.3. The van der Waals surface area contributed by atoms with Crippen LogP contribution in [0.2, 0.25) is 0 Å². The molecular formula is C25H24F3N5OS. The quantitative estimate of drug-likeness (QED) is 0.375. The summed E-state index contributed by atoms with van der Waals surface area (Å²) in [5.41, 5.74) is 1.26. The molecule has 4 heterocycles. The highest BCUT2D eigenvalue weighted by Crippen LogP contribution is 2.32. The molecule has 1 aliphatic heterocycles. The molecule has 1 fully saturated rings. The van der Waals surface area contributed by atoms with Crippen molar-refractivity contribution < 1.29 is 18.0 Å². The summed E-state index contributed by atoms with van der Waals surface area (Å²) in [5, 5.41) is 5.04. The first-order chi connectivity index (χ1) is 16.8. The van der Waals surface area contributed by atoms with Gasteiger partial charge in [0.25, 0.3) is 5.91 Å². The van der Waals surface area contributed by atoms with Crippen molar-refractivity contribution in [3.63, 3.8) is 0 Å². The molecule has 6 nitrogen and oxygen atoms in total. The van der Waals surface area contributed by atoms with Crippen molar-refractivity contribution in [3.8, 4) is 11.3 Å². The van der Waals surface area contributed by atoms with Crippen LogP contribution in [-0.2, 0) is 6.18 Å². The fourth-order valence-corrected chi connectivity index (χ4v) is 5.33. The second kappa shape index (κ2) is 9.33. The lowest BCUT2D eigenvalue weighted by molar-refractivity contribution is -0.137. The summed E-state index contributed by atoms with van der Waals surface area (Å²) in [7, 11) is 0. The SMILES string of the molecule is C[C@@H]1CCCN(C(=O)c2c(-c3ccccc3)nc3sccn23)[C@@H]1CNc1ccc(C(F)(F)F)cn1. The van der Waals surface area contributed by atoms with E-state index < -0.39 is 11.7 Å². The Morgan fingerprint density at radius 3 is 2.71 bits per heavy atom. The summed E-state index contributed by atoms with van der Waals surface area (Å²) in [5.74, 6) is 0.451. The molecule has 1 N–H and O–H groups in total. The highest BCUT2D eigenvalue weighted by Gasteiger charge is 2.35. The largest absolute Gasteiger partial charge is 0.417 e. The molecule has 0 saturated carbocycles. The predicted octanol–water partition coefficient (Wildman–Crippen LogP) is 5.83. The second-order valence-corrected chi connectivity index (χ2v) is 9.60. The Hall–Kier alpha value is -3.40. The number of thiazole rings is 1. The zero-order chi connectivity index (χ0) is 24.6. The lowest BCUT2D eigenvalue weighted by Crippen LogP contribution is -2.51. The van der Waals surface area contributed by atoms with Gasteiger partial charge in [-0.15, -0.1) is 11.3 Å². The normalized spacial score (nSPS) is 18.7. The van der Waals surface area contributed by atoms with Gasteiger partial charge in [-0.3, -0.25) is 9.20 Å². The van der Waals surface area contributed by atoms with Crippen molar-refractivity contribution in [2.75, 3.05) is 18.4 Å². The highest BCUT2D eigenvalue weighted by atomic mass is 32.1. The number of likely N-dealkylation sites (tertiary alicyclic amines) is 1. The number of rotatable bonds is 5. The number of aromatic nitrogens is 3. The molecule has 1 aliphatic rings. The maximum atomic E-state index is 14.0. The Morgan fingerprint density at radius 1 is 1.20 bits per heavy atom. The van der Waals surface area contributed by atoms with E-state index in [9.17, 15) is 18.0 Å². The molecule has 1 amide bonds. The van der Waals surface area contributed by atoms with Crippen LogP contribution in [-0.4, -0.2) is 44.3 Å². The van der Waals surface area contributed by atoms with Crippen LogP contribution >= 0.6 is 11.3 Å². The van der Waals surface area contributed by atoms with E-state index in [1.807, 2.05) is 51.2 Å². The maximum absolute atomic E-state index is 14.0. The molecule has 1 saturated heterocycles. The van der Waals surface area contributed by atoms with E-state index in [0.717, 1.165) is 35.6 Å². The number of fused-ring (bicyclic) bond motifs is 1. The Morgan fingerprint density at radius 2 is 2.00 bits per heavy atom. The summed E-state index contributed by atoms with van der Waals surface area (Å²) >= 11 is 1.47. The van der Waals surface area contributed by atoms with E-state index in [4.69, 9.17) is 4.98 Å². The standard InChI is InChI=1S/C25H24F3N5OS/c1-16-6-5-11-32(19(16)15-30-20-10-9-18(14-29-20)25(26,27)28)23(34)22-21(17-7-3-2-4-8-17)31-24-33(22)12-13-35-24/h2-4,7-10,12-14,16,19H,5-6,11,15H2,1H3,(H,29,30)/t16-,19-/m1/s1. The molecule has 3 aromatic heterocycles. The zero-order valence-corrected chi connectivity index (χ0v) is 19.8. The zero-order valence-electron chi connectivity index (χ0n) is 19.0. The number of amides is 1. The molecule has 0 spiro atoms. The van der Waals surface area contributed by atoms with Crippen LogP contribution in [0.1, 0.15) is 35.8 Å². The maximum Gasteiger partial charge on any atom is 0.417 e. The number of benzene rings is 1. The first kappa shape index (κ1) is 23.3. The molecule has 182 valence electrons. The van der Waals surface area contributed by atoms with Crippen LogP contribution in [0, 0.1) is 5.92 Å². The van der Waals surface area contributed by atoms with E-state index in [2.05, 4.69) is 17.2 Å². The van der Waals surface area contributed by atoms with Gasteiger partial charge in [0.1, 0.15) is 17.2 Å². The van der Waals surface area contributed by atoms with Crippen molar-refractivity contribution in [3.05, 3.63) is 71.5 Å². The van der Waals surface area contributed by atoms with Gasteiger partial charge in [-0.1, -0.05) is 37.3 Å². The number of anilines is 1. The summed E-state index contributed by atoms with van der Waals surface area (Å²) in [6, 6.07) is 11.8. The summed E-state index contributed by atoms with van der Waals surface area (Å²) in [6.45, 7) is 3.08. The van der Waals surface area contributed by atoms with Crippen molar-refractivity contribution in [2.24, 2.45) is 5.92 Å². The van der Waals surface area contributed by atoms with Crippen molar-refractivity contribution >= 4 is 28.0 Å². The topological polar surface area (TPSA) is 62.5 Å². The minimum Gasteiger partial charge on any atom is -0.368 e. The van der Waals surface area contributed by atoms with Crippen molar-refractivity contribution in [2.45, 2.75) is 32.0 Å². The molecule has 0 radical (unpaired) electrons. The molecule has 4 aromatic rings. The van der Waals surface area contributed by atoms with Crippen LogP contribution < -0.4 is 5.32 Å². The third-order valence-electron chi connectivity index (χ3n) is 6.47. The molecule has 10 heteroatoms. The van der Waals surface area contributed by atoms with Crippen LogP contribution in [0.4, 0.5) is 19.0 Å². The van der Waals surface area contributed by atoms with E-state index in [1.54, 1.807) is 0 Å². The van der Waals surface area contributed by atoms with Crippen LogP contribution in [0.25, 0.3) is 16.2 Å². The second-order valence-electron chi connectivity index (χ2n) is 8.73. The number of hydrogen-bond donors (Lipinski definition) is 1. The summed E-state index contributed by atoms with van der Waals surface area (Å²) in [6.07, 6.45) is 0.0958. The molecule has 0 bridgehead atoms. The Labute approximate surface area is 204 Å². The van der Waals surface area contributed by atoms with Gasteiger partial charge in [0, 0.05) is 36.4 Å². The van der Waals surface area contributed by atoms with Gasteiger partial charge in [0.05, 0.1) is 11.6 Å². The fraction of sp³-hybridized carbons (Fsp3) is 0.320. The van der Waals surface area contributed by atoms with Crippen molar-refractivity contribution in [1.82, 2.24) is 19.3 Å². The van der Waals surface area contributed by atoms with E-state index in [1.165, 1.54) is 17.4 Å². The number of carbonyl (C=O) groups excluding carboxylic acids is 1. The number of hydrogen-bond acceptors (Lipinski definition) is 5. The minimum absolute atomic E-state index is 0.103. The predicted molar refractivity (Wildman–Crippen MR) is 129 cm³/mol. The molecule has 0 aliphatic carbocycles. The monoisotopic (exact) mass is 499 g/mol. The summed E-state index contributed by atoms with van der Waals surface area (Å²) < 4.78 is 40.4. The van der Waals surface area contributed by atoms with E-state index in [-0.39, 0.29) is 17.9 Å². The molecular weight excluding hydrogens is 475 g/mol. The third kappa shape index (κ3) is 4.62. The van der Waals surface area contributed by atoms with Gasteiger partial charge < -0.3 is 10.2 Å². The lowest BCUT2D eigenvalue weighted by atomic mass is 9.90. The Kier molecular flexibility index (Phi) is 6.22. The average molecular weight is 500 g/mol. The fourth-order valence-electron chi connectivity index (χ4n) is 4.61.